The van der Waals surface area contributed by atoms with Crippen LogP contribution in [0.2, 0.25) is 0 Å². The molecule has 0 fully saturated rings. The van der Waals surface area contributed by atoms with Gasteiger partial charge in [0.2, 0.25) is 5.91 Å². The Kier molecular flexibility index (Phi) is 4.71. The van der Waals surface area contributed by atoms with Gasteiger partial charge in [0.15, 0.2) is 0 Å². The third-order valence-electron chi connectivity index (χ3n) is 2.83. The van der Waals surface area contributed by atoms with Gasteiger partial charge in [-0.3, -0.25) is 4.79 Å². The van der Waals surface area contributed by atoms with E-state index in [1.165, 1.54) is 5.56 Å². The van der Waals surface area contributed by atoms with Crippen LogP contribution in [0.15, 0.2) is 18.2 Å². The first-order chi connectivity index (χ1) is 8.08. The van der Waals surface area contributed by atoms with Gasteiger partial charge in [-0.25, -0.2) is 0 Å². The summed E-state index contributed by atoms with van der Waals surface area (Å²) in [5, 5.41) is 11.6. The molecule has 0 spiro atoms. The average Bonchev–Trinajstić information content (AvgIpc) is 2.29. The van der Waals surface area contributed by atoms with E-state index >= 15 is 0 Å². The van der Waals surface area contributed by atoms with E-state index < -0.39 is 5.92 Å². The Labute approximate surface area is 102 Å². The van der Waals surface area contributed by atoms with Gasteiger partial charge >= 0.3 is 0 Å². The van der Waals surface area contributed by atoms with Crippen LogP contribution in [0.1, 0.15) is 30.0 Å². The zero-order chi connectivity index (χ0) is 12.8. The molecule has 1 unspecified atom stereocenters. The van der Waals surface area contributed by atoms with Crippen LogP contribution in [-0.2, 0) is 11.3 Å². The first kappa shape index (κ1) is 13.2. The number of carbonyl (C=O) groups excluding carboxylic acids is 1. The monoisotopic (exact) mass is 230 g/mol. The van der Waals surface area contributed by atoms with Crippen LogP contribution in [0.5, 0.6) is 0 Å². The van der Waals surface area contributed by atoms with Crippen molar-refractivity contribution >= 4 is 5.91 Å². The van der Waals surface area contributed by atoms with Crippen molar-refractivity contribution in [3.63, 3.8) is 0 Å². The number of nitrogens with one attached hydrogen (secondary N) is 1. The molecule has 0 saturated heterocycles. The van der Waals surface area contributed by atoms with E-state index in [2.05, 4.69) is 11.4 Å². The fourth-order valence-corrected chi connectivity index (χ4v) is 1.68. The molecule has 1 amide bonds. The van der Waals surface area contributed by atoms with Crippen LogP contribution in [-0.4, -0.2) is 5.91 Å². The minimum absolute atomic E-state index is 0.185. The molecule has 17 heavy (non-hydrogen) atoms. The lowest BCUT2D eigenvalue weighted by atomic mass is 10.0. The lowest BCUT2D eigenvalue weighted by Crippen LogP contribution is -2.29. The molecule has 0 aliphatic rings. The van der Waals surface area contributed by atoms with Gasteiger partial charge in [-0.1, -0.05) is 30.7 Å². The minimum Gasteiger partial charge on any atom is -0.351 e. The number of nitrogens with zero attached hydrogens (tertiary/aromatic N) is 1. The number of benzene rings is 1. The van der Waals surface area contributed by atoms with Crippen LogP contribution in [0.25, 0.3) is 0 Å². The quantitative estimate of drug-likeness (QED) is 0.863. The highest BCUT2D eigenvalue weighted by atomic mass is 16.1. The predicted octanol–water partition coefficient (Wildman–Crippen LogP) is 2.47. The van der Waals surface area contributed by atoms with E-state index in [1.54, 1.807) is 0 Å². The standard InChI is InChI=1S/C14H18N2O/c1-4-12(8-15)14(17)16-9-13-6-5-10(2)7-11(13)3/h5-7,12H,4,9H2,1-3H3,(H,16,17). The van der Waals surface area contributed by atoms with Gasteiger partial charge in [0, 0.05) is 6.54 Å². The van der Waals surface area contributed by atoms with E-state index in [1.807, 2.05) is 39.0 Å². The zero-order valence-electron chi connectivity index (χ0n) is 10.6. The fourth-order valence-electron chi connectivity index (χ4n) is 1.68. The number of amides is 1. The maximum atomic E-state index is 11.6. The van der Waals surface area contributed by atoms with Gasteiger partial charge in [0.05, 0.1) is 6.07 Å². The Morgan fingerprint density at radius 3 is 2.71 bits per heavy atom. The van der Waals surface area contributed by atoms with Crippen LogP contribution >= 0.6 is 0 Å². The van der Waals surface area contributed by atoms with Gasteiger partial charge in [-0.15, -0.1) is 0 Å². The highest BCUT2D eigenvalue weighted by Gasteiger charge is 2.14. The molecule has 1 N–H and O–H groups in total. The lowest BCUT2D eigenvalue weighted by molar-refractivity contribution is -0.123. The number of hydrogen-bond acceptors (Lipinski definition) is 2. The zero-order valence-corrected chi connectivity index (χ0v) is 10.6. The van der Waals surface area contributed by atoms with Crippen molar-refractivity contribution in [2.45, 2.75) is 33.7 Å². The Morgan fingerprint density at radius 1 is 1.47 bits per heavy atom. The maximum absolute atomic E-state index is 11.6. The maximum Gasteiger partial charge on any atom is 0.237 e. The summed E-state index contributed by atoms with van der Waals surface area (Å²) in [7, 11) is 0. The molecule has 1 aromatic carbocycles. The summed E-state index contributed by atoms with van der Waals surface area (Å²) >= 11 is 0. The average molecular weight is 230 g/mol. The van der Waals surface area contributed by atoms with Gasteiger partial charge in [-0.05, 0) is 31.4 Å². The van der Waals surface area contributed by atoms with Gasteiger partial charge in [-0.2, -0.15) is 5.26 Å². The molecule has 1 aromatic rings. The van der Waals surface area contributed by atoms with E-state index in [-0.39, 0.29) is 5.91 Å². The number of hydrogen-bond donors (Lipinski definition) is 1. The summed E-state index contributed by atoms with van der Waals surface area (Å²) in [6, 6.07) is 8.12. The molecule has 90 valence electrons. The van der Waals surface area contributed by atoms with Crippen molar-refractivity contribution in [1.82, 2.24) is 5.32 Å². The number of rotatable bonds is 4. The van der Waals surface area contributed by atoms with Crippen LogP contribution < -0.4 is 5.32 Å². The van der Waals surface area contributed by atoms with Crippen molar-refractivity contribution in [3.8, 4) is 6.07 Å². The molecule has 0 radical (unpaired) electrons. The van der Waals surface area contributed by atoms with Gasteiger partial charge in [0.25, 0.3) is 0 Å². The van der Waals surface area contributed by atoms with Gasteiger partial charge < -0.3 is 5.32 Å². The van der Waals surface area contributed by atoms with Crippen LogP contribution in [0.4, 0.5) is 0 Å². The lowest BCUT2D eigenvalue weighted by Gasteiger charge is -2.10. The molecular weight excluding hydrogens is 212 g/mol. The predicted molar refractivity (Wildman–Crippen MR) is 67.2 cm³/mol. The molecule has 0 saturated carbocycles. The largest absolute Gasteiger partial charge is 0.351 e. The van der Waals surface area contributed by atoms with Crippen molar-refractivity contribution in [1.29, 1.82) is 5.26 Å². The van der Waals surface area contributed by atoms with Crippen LogP contribution in [0, 0.1) is 31.1 Å². The Hall–Kier alpha value is -1.82. The Bertz CT molecular complexity index is 446. The first-order valence-corrected chi connectivity index (χ1v) is 5.82. The van der Waals surface area contributed by atoms with Crippen LogP contribution in [0.3, 0.4) is 0 Å². The third kappa shape index (κ3) is 3.60. The van der Waals surface area contributed by atoms with Crippen molar-refractivity contribution < 1.29 is 4.79 Å². The molecule has 1 rings (SSSR count). The fraction of sp³-hybridized carbons (Fsp3) is 0.429. The molecule has 0 aromatic heterocycles. The molecule has 1 atom stereocenters. The second-order valence-electron chi connectivity index (χ2n) is 4.24. The Balaban J connectivity index is 2.62. The number of aryl methyl sites for hydroxylation is 2. The molecule has 0 aliphatic heterocycles. The molecule has 0 heterocycles. The van der Waals surface area contributed by atoms with E-state index in [4.69, 9.17) is 5.26 Å². The van der Waals surface area contributed by atoms with E-state index in [0.717, 1.165) is 11.1 Å². The molecule has 0 bridgehead atoms. The summed E-state index contributed by atoms with van der Waals surface area (Å²) < 4.78 is 0. The molecular formula is C14H18N2O. The third-order valence-corrected chi connectivity index (χ3v) is 2.83. The molecule has 3 nitrogen and oxygen atoms in total. The normalized spacial score (nSPS) is 11.6. The summed E-state index contributed by atoms with van der Waals surface area (Å²) in [6.07, 6.45) is 0.551. The van der Waals surface area contributed by atoms with Crippen molar-refractivity contribution in [3.05, 3.63) is 34.9 Å². The first-order valence-electron chi connectivity index (χ1n) is 5.82. The van der Waals surface area contributed by atoms with E-state index in [0.29, 0.717) is 13.0 Å². The summed E-state index contributed by atoms with van der Waals surface area (Å²) in [4.78, 5) is 11.6. The molecule has 3 heteroatoms. The summed E-state index contributed by atoms with van der Waals surface area (Å²) in [6.45, 7) is 6.39. The smallest absolute Gasteiger partial charge is 0.237 e. The number of nitriles is 1. The van der Waals surface area contributed by atoms with Gasteiger partial charge in [0.1, 0.15) is 5.92 Å². The Morgan fingerprint density at radius 2 is 2.18 bits per heavy atom. The topological polar surface area (TPSA) is 52.9 Å². The second-order valence-corrected chi connectivity index (χ2v) is 4.24. The summed E-state index contributed by atoms with van der Waals surface area (Å²) in [5.41, 5.74) is 3.47. The molecule has 0 aliphatic carbocycles. The highest BCUT2D eigenvalue weighted by Crippen LogP contribution is 2.10. The minimum atomic E-state index is -0.541. The highest BCUT2D eigenvalue weighted by molar-refractivity contribution is 5.80. The number of carbonyl (C=O) groups is 1. The van der Waals surface area contributed by atoms with Crippen molar-refractivity contribution in [2.24, 2.45) is 5.92 Å². The van der Waals surface area contributed by atoms with Crippen molar-refractivity contribution in [2.75, 3.05) is 0 Å². The second kappa shape index (κ2) is 6.05. The summed E-state index contributed by atoms with van der Waals surface area (Å²) in [5.74, 6) is -0.726. The van der Waals surface area contributed by atoms with E-state index in [9.17, 15) is 4.79 Å². The SMILES string of the molecule is CCC(C#N)C(=O)NCc1ccc(C)cc1C.